The van der Waals surface area contributed by atoms with Crippen LogP contribution in [0.3, 0.4) is 0 Å². The number of hydrogen-bond acceptors (Lipinski definition) is 5. The summed E-state index contributed by atoms with van der Waals surface area (Å²) in [6.07, 6.45) is 1.41. The number of rotatable bonds is 6. The van der Waals surface area contributed by atoms with Crippen LogP contribution in [-0.4, -0.2) is 55.2 Å². The first-order valence-electron chi connectivity index (χ1n) is 7.25. The first-order chi connectivity index (χ1) is 11.1. The van der Waals surface area contributed by atoms with Crippen molar-refractivity contribution in [2.45, 2.75) is 0 Å². The van der Waals surface area contributed by atoms with Gasteiger partial charge in [0.1, 0.15) is 17.9 Å². The summed E-state index contributed by atoms with van der Waals surface area (Å²) >= 11 is 0. The third kappa shape index (κ3) is 4.93. The number of urea groups is 1. The van der Waals surface area contributed by atoms with Gasteiger partial charge in [-0.15, -0.1) is 0 Å². The second-order valence-electron chi connectivity index (χ2n) is 5.17. The highest BCUT2D eigenvalue weighted by Gasteiger charge is 2.09. The Morgan fingerprint density at radius 3 is 2.78 bits per heavy atom. The number of carbonyl (C=O) groups excluding carboxylic acids is 1. The lowest BCUT2D eigenvalue weighted by Gasteiger charge is -2.11. The zero-order valence-electron chi connectivity index (χ0n) is 13.5. The van der Waals surface area contributed by atoms with Gasteiger partial charge in [-0.3, -0.25) is 5.32 Å². The van der Waals surface area contributed by atoms with Crippen LogP contribution in [0.15, 0.2) is 36.7 Å². The number of aromatic nitrogens is 2. The Hall–Kier alpha value is -2.67. The Labute approximate surface area is 135 Å². The minimum absolute atomic E-state index is 0.295. The summed E-state index contributed by atoms with van der Waals surface area (Å²) in [5.41, 5.74) is 1.52. The molecule has 0 atom stereocenters. The standard InChI is InChI=1S/C16H21N5O2/c1-21(2)9-8-17-16(22)20-15-10-13(18-11-19-15)12-6-4-5-7-14(12)23-3/h4-7,10-11H,8-9H2,1-3H3,(H2,17,18,19,20,22). The van der Waals surface area contributed by atoms with Gasteiger partial charge in [-0.05, 0) is 26.2 Å². The third-order valence-corrected chi connectivity index (χ3v) is 3.14. The Morgan fingerprint density at radius 1 is 1.26 bits per heavy atom. The van der Waals surface area contributed by atoms with Crippen molar-refractivity contribution in [1.29, 1.82) is 0 Å². The zero-order chi connectivity index (χ0) is 16.7. The van der Waals surface area contributed by atoms with Crippen molar-refractivity contribution in [3.8, 4) is 17.0 Å². The molecule has 0 spiro atoms. The first kappa shape index (κ1) is 16.7. The van der Waals surface area contributed by atoms with E-state index in [0.717, 1.165) is 12.1 Å². The molecule has 0 radical (unpaired) electrons. The highest BCUT2D eigenvalue weighted by molar-refractivity contribution is 5.88. The lowest BCUT2D eigenvalue weighted by molar-refractivity contribution is 0.250. The summed E-state index contributed by atoms with van der Waals surface area (Å²) in [7, 11) is 5.50. The number of nitrogens with zero attached hydrogens (tertiary/aromatic N) is 3. The number of para-hydroxylation sites is 1. The van der Waals surface area contributed by atoms with E-state index in [2.05, 4.69) is 20.6 Å². The Kier molecular flexibility index (Phi) is 5.87. The Bertz CT molecular complexity index is 660. The van der Waals surface area contributed by atoms with Gasteiger partial charge in [0.25, 0.3) is 0 Å². The molecule has 1 aromatic carbocycles. The van der Waals surface area contributed by atoms with E-state index in [-0.39, 0.29) is 6.03 Å². The number of carbonyl (C=O) groups is 1. The molecule has 2 amide bonds. The van der Waals surface area contributed by atoms with Crippen LogP contribution in [-0.2, 0) is 0 Å². The fraction of sp³-hybridized carbons (Fsp3) is 0.312. The van der Waals surface area contributed by atoms with Crippen molar-refractivity contribution < 1.29 is 9.53 Å². The predicted molar refractivity (Wildman–Crippen MR) is 89.6 cm³/mol. The molecular formula is C16H21N5O2. The van der Waals surface area contributed by atoms with Crippen LogP contribution < -0.4 is 15.4 Å². The van der Waals surface area contributed by atoms with Crippen molar-refractivity contribution in [2.75, 3.05) is 39.6 Å². The van der Waals surface area contributed by atoms with Gasteiger partial charge in [-0.1, -0.05) is 12.1 Å². The van der Waals surface area contributed by atoms with Gasteiger partial charge in [-0.2, -0.15) is 0 Å². The average molecular weight is 315 g/mol. The molecule has 7 heteroatoms. The smallest absolute Gasteiger partial charge is 0.320 e. The van der Waals surface area contributed by atoms with Crippen molar-refractivity contribution >= 4 is 11.8 Å². The summed E-state index contributed by atoms with van der Waals surface area (Å²) in [6, 6.07) is 8.97. The molecule has 0 unspecified atom stereocenters. The van der Waals surface area contributed by atoms with E-state index in [0.29, 0.717) is 23.8 Å². The van der Waals surface area contributed by atoms with Gasteiger partial charge >= 0.3 is 6.03 Å². The SMILES string of the molecule is COc1ccccc1-c1cc(NC(=O)NCCN(C)C)ncn1. The van der Waals surface area contributed by atoms with E-state index < -0.39 is 0 Å². The van der Waals surface area contributed by atoms with E-state index in [4.69, 9.17) is 4.74 Å². The van der Waals surface area contributed by atoms with Crippen LogP contribution in [0, 0.1) is 0 Å². The lowest BCUT2D eigenvalue weighted by Crippen LogP contribution is -2.34. The number of hydrogen-bond donors (Lipinski definition) is 2. The fourth-order valence-electron chi connectivity index (χ4n) is 1.98. The molecule has 0 aliphatic carbocycles. The highest BCUT2D eigenvalue weighted by Crippen LogP contribution is 2.28. The number of methoxy groups -OCH3 is 1. The van der Waals surface area contributed by atoms with Crippen molar-refractivity contribution in [3.63, 3.8) is 0 Å². The van der Waals surface area contributed by atoms with Crippen molar-refractivity contribution in [1.82, 2.24) is 20.2 Å². The second-order valence-corrected chi connectivity index (χ2v) is 5.17. The predicted octanol–water partition coefficient (Wildman–Crippen LogP) is 1.84. The Morgan fingerprint density at radius 2 is 2.04 bits per heavy atom. The van der Waals surface area contributed by atoms with Crippen LogP contribution in [0.4, 0.5) is 10.6 Å². The number of amides is 2. The van der Waals surface area contributed by atoms with Gasteiger partial charge in [-0.25, -0.2) is 14.8 Å². The molecule has 2 N–H and O–H groups in total. The summed E-state index contributed by atoms with van der Waals surface area (Å²) < 4.78 is 5.33. The molecule has 1 aromatic heterocycles. The molecule has 122 valence electrons. The maximum absolute atomic E-state index is 11.8. The molecule has 0 saturated heterocycles. The summed E-state index contributed by atoms with van der Waals surface area (Å²) in [5, 5.41) is 5.47. The molecule has 0 saturated carbocycles. The maximum Gasteiger partial charge on any atom is 0.320 e. The third-order valence-electron chi connectivity index (χ3n) is 3.14. The van der Waals surface area contributed by atoms with E-state index in [1.54, 1.807) is 13.2 Å². The van der Waals surface area contributed by atoms with Crippen molar-refractivity contribution in [2.24, 2.45) is 0 Å². The van der Waals surface area contributed by atoms with Gasteiger partial charge in [0, 0.05) is 24.7 Å². The molecule has 2 aromatic rings. The molecule has 0 aliphatic rings. The molecule has 23 heavy (non-hydrogen) atoms. The normalized spacial score (nSPS) is 10.4. The lowest BCUT2D eigenvalue weighted by atomic mass is 10.1. The van der Waals surface area contributed by atoms with Gasteiger partial charge in [0.05, 0.1) is 12.8 Å². The summed E-state index contributed by atoms with van der Waals surface area (Å²) in [6.45, 7) is 1.33. The first-order valence-corrected chi connectivity index (χ1v) is 7.25. The van der Waals surface area contributed by atoms with E-state index >= 15 is 0 Å². The molecule has 0 bridgehead atoms. The average Bonchev–Trinajstić information content (AvgIpc) is 2.54. The van der Waals surface area contributed by atoms with Crippen LogP contribution in [0.25, 0.3) is 11.3 Å². The number of benzene rings is 1. The zero-order valence-corrected chi connectivity index (χ0v) is 13.5. The van der Waals surface area contributed by atoms with Crippen LogP contribution in [0.5, 0.6) is 5.75 Å². The molecule has 2 rings (SSSR count). The number of anilines is 1. The topological polar surface area (TPSA) is 79.4 Å². The largest absolute Gasteiger partial charge is 0.496 e. The number of nitrogens with one attached hydrogen (secondary N) is 2. The second kappa shape index (κ2) is 8.09. The fourth-order valence-corrected chi connectivity index (χ4v) is 1.98. The highest BCUT2D eigenvalue weighted by atomic mass is 16.5. The summed E-state index contributed by atoms with van der Waals surface area (Å²) in [5.74, 6) is 1.15. The van der Waals surface area contributed by atoms with E-state index in [1.165, 1.54) is 6.33 Å². The summed E-state index contributed by atoms with van der Waals surface area (Å²) in [4.78, 5) is 22.1. The molecule has 7 nitrogen and oxygen atoms in total. The van der Waals surface area contributed by atoms with Gasteiger partial charge in [0.2, 0.25) is 0 Å². The molecule has 1 heterocycles. The monoisotopic (exact) mass is 315 g/mol. The minimum atomic E-state index is -0.295. The molecular weight excluding hydrogens is 294 g/mol. The minimum Gasteiger partial charge on any atom is -0.496 e. The van der Waals surface area contributed by atoms with E-state index in [1.807, 2.05) is 43.3 Å². The van der Waals surface area contributed by atoms with Gasteiger partial charge in [0.15, 0.2) is 0 Å². The number of ether oxygens (including phenoxy) is 1. The molecule has 0 aliphatic heterocycles. The van der Waals surface area contributed by atoms with Gasteiger partial charge < -0.3 is 15.0 Å². The van der Waals surface area contributed by atoms with Crippen LogP contribution in [0.2, 0.25) is 0 Å². The van der Waals surface area contributed by atoms with Crippen LogP contribution >= 0.6 is 0 Å². The maximum atomic E-state index is 11.8. The van der Waals surface area contributed by atoms with E-state index in [9.17, 15) is 4.79 Å². The Balaban J connectivity index is 2.06. The quantitative estimate of drug-likeness (QED) is 0.850. The van der Waals surface area contributed by atoms with Crippen molar-refractivity contribution in [3.05, 3.63) is 36.7 Å². The molecule has 0 fully saturated rings. The number of likely N-dealkylation sites (N-methyl/N-ethyl adjacent to an activating group) is 1. The van der Waals surface area contributed by atoms with Crippen LogP contribution in [0.1, 0.15) is 0 Å².